The lowest BCUT2D eigenvalue weighted by Gasteiger charge is -2.27. The lowest BCUT2D eigenvalue weighted by Crippen LogP contribution is -2.38. The molecule has 1 saturated carbocycles. The van der Waals surface area contributed by atoms with Gasteiger partial charge in [-0.05, 0) is 47.9 Å². The molecule has 1 aliphatic rings. The Balaban J connectivity index is 1.55. The van der Waals surface area contributed by atoms with Gasteiger partial charge < -0.3 is 5.32 Å². The first-order valence-corrected chi connectivity index (χ1v) is 11.2. The highest BCUT2D eigenvalue weighted by Gasteiger charge is 2.20. The monoisotopic (exact) mass is 392 g/mol. The standard InChI is InChI=1S/C19H24N2O3S2/c1-14-4-2-5-17(12-14)20-18(22)13-15-7-9-16(10-8-15)21-26(23,24)19-6-3-11-25-19/h3,6-11,14,17,21H,2,4-5,12-13H2,1H3,(H,20,22). The smallest absolute Gasteiger partial charge is 0.271 e. The minimum Gasteiger partial charge on any atom is -0.353 e. The number of anilines is 1. The van der Waals surface area contributed by atoms with Crippen molar-refractivity contribution in [1.82, 2.24) is 5.32 Å². The van der Waals surface area contributed by atoms with Crippen molar-refractivity contribution in [3.05, 3.63) is 47.3 Å². The Hall–Kier alpha value is -1.86. The molecule has 2 atom stereocenters. The lowest BCUT2D eigenvalue weighted by atomic mass is 9.87. The van der Waals surface area contributed by atoms with Crippen LogP contribution in [-0.4, -0.2) is 20.4 Å². The van der Waals surface area contributed by atoms with E-state index in [0.717, 1.165) is 18.4 Å². The van der Waals surface area contributed by atoms with Crippen LogP contribution in [0.25, 0.3) is 0 Å². The number of carbonyl (C=O) groups excluding carboxylic acids is 1. The summed E-state index contributed by atoms with van der Waals surface area (Å²) in [5, 5.41) is 4.85. The van der Waals surface area contributed by atoms with Gasteiger partial charge >= 0.3 is 0 Å². The van der Waals surface area contributed by atoms with Gasteiger partial charge in [-0.3, -0.25) is 9.52 Å². The molecule has 1 fully saturated rings. The van der Waals surface area contributed by atoms with Crippen LogP contribution in [-0.2, 0) is 21.2 Å². The molecule has 2 N–H and O–H groups in total. The Kier molecular flexibility index (Phi) is 5.98. The summed E-state index contributed by atoms with van der Waals surface area (Å²) in [6, 6.07) is 10.5. The van der Waals surface area contributed by atoms with E-state index in [1.165, 1.54) is 24.2 Å². The van der Waals surface area contributed by atoms with Gasteiger partial charge in [-0.1, -0.05) is 38.0 Å². The maximum Gasteiger partial charge on any atom is 0.271 e. The molecule has 7 heteroatoms. The molecule has 0 radical (unpaired) electrons. The minimum absolute atomic E-state index is 0.0241. The van der Waals surface area contributed by atoms with Crippen LogP contribution < -0.4 is 10.0 Å². The summed E-state index contributed by atoms with van der Waals surface area (Å²) in [4.78, 5) is 12.2. The number of amides is 1. The van der Waals surface area contributed by atoms with Gasteiger partial charge in [-0.2, -0.15) is 0 Å². The van der Waals surface area contributed by atoms with Crippen LogP contribution in [0, 0.1) is 5.92 Å². The Labute approximate surface area is 158 Å². The van der Waals surface area contributed by atoms with Crippen LogP contribution in [0.5, 0.6) is 0 Å². The highest BCUT2D eigenvalue weighted by atomic mass is 32.2. The molecule has 0 saturated heterocycles. The molecule has 2 aromatic rings. The number of thiophene rings is 1. The number of hydrogen-bond donors (Lipinski definition) is 2. The van der Waals surface area contributed by atoms with E-state index in [1.54, 1.807) is 41.8 Å². The van der Waals surface area contributed by atoms with E-state index in [2.05, 4.69) is 17.0 Å². The predicted octanol–water partition coefficient (Wildman–Crippen LogP) is 3.79. The Morgan fingerprint density at radius 2 is 1.96 bits per heavy atom. The van der Waals surface area contributed by atoms with Gasteiger partial charge in [0.1, 0.15) is 4.21 Å². The zero-order valence-electron chi connectivity index (χ0n) is 14.8. The zero-order valence-corrected chi connectivity index (χ0v) is 16.4. The quantitative estimate of drug-likeness (QED) is 0.785. The van der Waals surface area contributed by atoms with Crippen LogP contribution in [0.2, 0.25) is 0 Å². The second-order valence-corrected chi connectivity index (χ2v) is 9.80. The van der Waals surface area contributed by atoms with Gasteiger partial charge in [0.2, 0.25) is 5.91 Å². The first kappa shape index (κ1) is 18.9. The molecule has 0 spiro atoms. The van der Waals surface area contributed by atoms with E-state index in [-0.39, 0.29) is 16.2 Å². The summed E-state index contributed by atoms with van der Waals surface area (Å²) in [5.41, 5.74) is 1.36. The molecule has 0 bridgehead atoms. The molecule has 0 aliphatic heterocycles. The molecule has 1 amide bonds. The van der Waals surface area contributed by atoms with E-state index in [4.69, 9.17) is 0 Å². The van der Waals surface area contributed by atoms with Crippen molar-refractivity contribution in [2.75, 3.05) is 4.72 Å². The van der Waals surface area contributed by atoms with E-state index in [0.29, 0.717) is 18.0 Å². The van der Waals surface area contributed by atoms with E-state index in [1.807, 2.05) is 0 Å². The van der Waals surface area contributed by atoms with Gasteiger partial charge in [-0.25, -0.2) is 8.42 Å². The predicted molar refractivity (Wildman–Crippen MR) is 105 cm³/mol. The summed E-state index contributed by atoms with van der Waals surface area (Å²) < 4.78 is 27.3. The molecule has 1 aromatic carbocycles. The molecule has 26 heavy (non-hydrogen) atoms. The Morgan fingerprint density at radius 3 is 2.62 bits per heavy atom. The fourth-order valence-electron chi connectivity index (χ4n) is 3.34. The maximum atomic E-state index is 12.2. The second kappa shape index (κ2) is 8.22. The van der Waals surface area contributed by atoms with E-state index < -0.39 is 10.0 Å². The van der Waals surface area contributed by atoms with Crippen molar-refractivity contribution >= 4 is 33.0 Å². The molecule has 5 nitrogen and oxygen atoms in total. The number of sulfonamides is 1. The SMILES string of the molecule is CC1CCCC(NC(=O)Cc2ccc(NS(=O)(=O)c3cccs3)cc2)C1. The summed E-state index contributed by atoms with van der Waals surface area (Å²) in [6.45, 7) is 2.23. The summed E-state index contributed by atoms with van der Waals surface area (Å²) >= 11 is 1.17. The van der Waals surface area contributed by atoms with Crippen LogP contribution in [0.1, 0.15) is 38.2 Å². The number of carbonyl (C=O) groups is 1. The van der Waals surface area contributed by atoms with Gasteiger partial charge in [0.15, 0.2) is 0 Å². The molecule has 1 aliphatic carbocycles. The Morgan fingerprint density at radius 1 is 1.19 bits per heavy atom. The van der Waals surface area contributed by atoms with Gasteiger partial charge in [0.05, 0.1) is 6.42 Å². The van der Waals surface area contributed by atoms with Crippen molar-refractivity contribution in [2.45, 2.75) is 49.3 Å². The normalized spacial score (nSPS) is 20.5. The third-order valence-electron chi connectivity index (χ3n) is 4.63. The number of benzene rings is 1. The molecular formula is C19H24N2O3S2. The summed E-state index contributed by atoms with van der Waals surface area (Å²) in [6.07, 6.45) is 4.83. The fraction of sp³-hybridized carbons (Fsp3) is 0.421. The number of nitrogens with one attached hydrogen (secondary N) is 2. The van der Waals surface area contributed by atoms with Crippen molar-refractivity contribution in [3.63, 3.8) is 0 Å². The van der Waals surface area contributed by atoms with Crippen molar-refractivity contribution in [2.24, 2.45) is 5.92 Å². The number of rotatable bonds is 6. The highest BCUT2D eigenvalue weighted by Crippen LogP contribution is 2.24. The zero-order chi connectivity index (χ0) is 18.6. The Bertz CT molecular complexity index is 830. The molecule has 1 heterocycles. The summed E-state index contributed by atoms with van der Waals surface area (Å²) in [7, 11) is -3.54. The largest absolute Gasteiger partial charge is 0.353 e. The third-order valence-corrected chi connectivity index (χ3v) is 7.41. The molecule has 1 aromatic heterocycles. The summed E-state index contributed by atoms with van der Waals surface area (Å²) in [5.74, 6) is 0.695. The van der Waals surface area contributed by atoms with Gasteiger partial charge in [0, 0.05) is 11.7 Å². The minimum atomic E-state index is -3.54. The van der Waals surface area contributed by atoms with Crippen LogP contribution in [0.4, 0.5) is 5.69 Å². The van der Waals surface area contributed by atoms with Crippen molar-refractivity contribution in [3.8, 4) is 0 Å². The lowest BCUT2D eigenvalue weighted by molar-refractivity contribution is -0.121. The molecule has 2 unspecified atom stereocenters. The van der Waals surface area contributed by atoms with E-state index >= 15 is 0 Å². The number of hydrogen-bond acceptors (Lipinski definition) is 4. The van der Waals surface area contributed by atoms with E-state index in [9.17, 15) is 13.2 Å². The van der Waals surface area contributed by atoms with Crippen molar-refractivity contribution in [1.29, 1.82) is 0 Å². The third kappa shape index (κ3) is 5.08. The molecule has 140 valence electrons. The average Bonchev–Trinajstić information content (AvgIpc) is 3.12. The van der Waals surface area contributed by atoms with Crippen molar-refractivity contribution < 1.29 is 13.2 Å². The highest BCUT2D eigenvalue weighted by molar-refractivity contribution is 7.94. The molecular weight excluding hydrogens is 368 g/mol. The first-order chi connectivity index (χ1) is 12.4. The van der Waals surface area contributed by atoms with Gasteiger partial charge in [0.25, 0.3) is 10.0 Å². The average molecular weight is 393 g/mol. The van der Waals surface area contributed by atoms with Crippen LogP contribution in [0.3, 0.4) is 0 Å². The topological polar surface area (TPSA) is 75.3 Å². The van der Waals surface area contributed by atoms with Gasteiger partial charge in [-0.15, -0.1) is 11.3 Å². The second-order valence-electron chi connectivity index (χ2n) is 6.95. The van der Waals surface area contributed by atoms with Crippen LogP contribution >= 0.6 is 11.3 Å². The maximum absolute atomic E-state index is 12.2. The fourth-order valence-corrected chi connectivity index (χ4v) is 5.39. The first-order valence-electron chi connectivity index (χ1n) is 8.87. The van der Waals surface area contributed by atoms with Crippen LogP contribution in [0.15, 0.2) is 46.0 Å². The molecule has 3 rings (SSSR count).